The number of nitrogens with two attached hydrogens (primary N) is 1. The molecule has 0 spiro atoms. The lowest BCUT2D eigenvalue weighted by Crippen LogP contribution is -2.39. The molecule has 1 aliphatic heterocycles. The first kappa shape index (κ1) is 11.4. The van der Waals surface area contributed by atoms with E-state index in [9.17, 15) is 8.42 Å². The van der Waals surface area contributed by atoms with E-state index in [4.69, 9.17) is 5.73 Å². The average Bonchev–Trinajstić information content (AvgIpc) is 2.67. The van der Waals surface area contributed by atoms with Gasteiger partial charge in [-0.05, 0) is 19.3 Å². The molecule has 1 saturated carbocycles. The molecule has 0 radical (unpaired) electrons. The molecule has 1 heterocycles. The van der Waals surface area contributed by atoms with Gasteiger partial charge in [0.05, 0.1) is 5.25 Å². The Labute approximate surface area is 91.9 Å². The molecule has 1 saturated heterocycles. The zero-order valence-corrected chi connectivity index (χ0v) is 9.88. The van der Waals surface area contributed by atoms with E-state index in [1.165, 1.54) is 6.42 Å². The van der Waals surface area contributed by atoms with Crippen LogP contribution in [0.25, 0.3) is 0 Å². The van der Waals surface area contributed by atoms with E-state index in [0.29, 0.717) is 13.1 Å². The summed E-state index contributed by atoms with van der Waals surface area (Å²) in [6.07, 6.45) is 5.80. The smallest absolute Gasteiger partial charge is 0.217 e. The molecule has 1 atom stereocenters. The van der Waals surface area contributed by atoms with Gasteiger partial charge in [-0.3, -0.25) is 0 Å². The van der Waals surface area contributed by atoms with E-state index in [-0.39, 0.29) is 11.3 Å². The van der Waals surface area contributed by atoms with Crippen molar-refractivity contribution in [3.63, 3.8) is 0 Å². The van der Waals surface area contributed by atoms with Crippen LogP contribution in [0, 0.1) is 0 Å². The van der Waals surface area contributed by atoms with E-state index in [1.807, 2.05) is 0 Å². The molecule has 88 valence electrons. The molecular weight excluding hydrogens is 212 g/mol. The van der Waals surface area contributed by atoms with Gasteiger partial charge in [-0.1, -0.05) is 19.3 Å². The molecule has 1 unspecified atom stereocenters. The molecule has 4 nitrogen and oxygen atoms in total. The largest absolute Gasteiger partial charge is 0.326 e. The van der Waals surface area contributed by atoms with Crippen LogP contribution in [0.2, 0.25) is 0 Å². The highest BCUT2D eigenvalue weighted by Crippen LogP contribution is 2.27. The summed E-state index contributed by atoms with van der Waals surface area (Å²) in [6.45, 7) is 1.15. The van der Waals surface area contributed by atoms with E-state index >= 15 is 0 Å². The zero-order chi connectivity index (χ0) is 10.9. The minimum Gasteiger partial charge on any atom is -0.326 e. The Morgan fingerprint density at radius 3 is 2.27 bits per heavy atom. The van der Waals surface area contributed by atoms with Gasteiger partial charge in [-0.25, -0.2) is 12.7 Å². The highest BCUT2D eigenvalue weighted by atomic mass is 32.2. The lowest BCUT2D eigenvalue weighted by Gasteiger charge is -2.26. The van der Waals surface area contributed by atoms with Crippen molar-refractivity contribution in [2.24, 2.45) is 5.73 Å². The monoisotopic (exact) mass is 232 g/mol. The molecule has 0 bridgehead atoms. The fraction of sp³-hybridized carbons (Fsp3) is 1.00. The molecule has 2 rings (SSSR count). The summed E-state index contributed by atoms with van der Waals surface area (Å²) in [5.74, 6) is 0. The van der Waals surface area contributed by atoms with E-state index in [1.54, 1.807) is 4.31 Å². The van der Waals surface area contributed by atoms with Crippen LogP contribution in [-0.4, -0.2) is 37.1 Å². The molecule has 0 amide bonds. The van der Waals surface area contributed by atoms with Crippen LogP contribution in [0.3, 0.4) is 0 Å². The summed E-state index contributed by atoms with van der Waals surface area (Å²) in [5.41, 5.74) is 5.75. The van der Waals surface area contributed by atoms with Gasteiger partial charge in [0.25, 0.3) is 0 Å². The molecule has 15 heavy (non-hydrogen) atoms. The summed E-state index contributed by atoms with van der Waals surface area (Å²) in [7, 11) is -3.04. The van der Waals surface area contributed by atoms with Crippen molar-refractivity contribution in [1.82, 2.24) is 4.31 Å². The second kappa shape index (κ2) is 4.39. The second-order valence-corrected chi connectivity index (χ2v) is 6.92. The normalized spacial score (nSPS) is 30.9. The lowest BCUT2D eigenvalue weighted by molar-refractivity contribution is 0.426. The number of nitrogens with zero attached hydrogens (tertiary/aromatic N) is 1. The summed E-state index contributed by atoms with van der Waals surface area (Å²) >= 11 is 0. The molecular formula is C10H20N2O2S. The predicted molar refractivity (Wildman–Crippen MR) is 60.0 cm³/mol. The second-order valence-electron chi connectivity index (χ2n) is 4.71. The Balaban J connectivity index is 2.05. The Hall–Kier alpha value is -0.130. The highest BCUT2D eigenvalue weighted by Gasteiger charge is 2.36. The van der Waals surface area contributed by atoms with Gasteiger partial charge in [0.2, 0.25) is 10.0 Å². The van der Waals surface area contributed by atoms with Crippen LogP contribution < -0.4 is 5.73 Å². The van der Waals surface area contributed by atoms with Crippen molar-refractivity contribution in [3.8, 4) is 0 Å². The van der Waals surface area contributed by atoms with Crippen LogP contribution in [0.5, 0.6) is 0 Å². The molecule has 5 heteroatoms. The summed E-state index contributed by atoms with van der Waals surface area (Å²) in [5, 5.41) is -0.128. The molecule has 0 aromatic heterocycles. The molecule has 2 aliphatic rings. The molecule has 2 fully saturated rings. The Bertz CT molecular complexity index is 299. The predicted octanol–water partition coefficient (Wildman–Crippen LogP) is 0.682. The maximum absolute atomic E-state index is 12.2. The standard InChI is InChI=1S/C10H20N2O2S/c11-9-6-7-12(8-9)15(13,14)10-4-2-1-3-5-10/h9-10H,1-8,11H2. The number of hydrogen-bond acceptors (Lipinski definition) is 3. The van der Waals surface area contributed by atoms with Gasteiger partial charge in [0.1, 0.15) is 0 Å². The summed E-state index contributed by atoms with van der Waals surface area (Å²) in [6, 6.07) is 0.0448. The third kappa shape index (κ3) is 2.34. The summed E-state index contributed by atoms with van der Waals surface area (Å²) in [4.78, 5) is 0. The number of hydrogen-bond donors (Lipinski definition) is 1. The Kier molecular flexibility index (Phi) is 3.33. The molecule has 1 aliphatic carbocycles. The van der Waals surface area contributed by atoms with Gasteiger partial charge >= 0.3 is 0 Å². The van der Waals surface area contributed by atoms with Crippen molar-refractivity contribution < 1.29 is 8.42 Å². The maximum Gasteiger partial charge on any atom is 0.217 e. The summed E-state index contributed by atoms with van der Waals surface area (Å²) < 4.78 is 26.0. The first-order valence-electron chi connectivity index (χ1n) is 5.85. The van der Waals surface area contributed by atoms with Gasteiger partial charge in [-0.15, -0.1) is 0 Å². The first-order valence-corrected chi connectivity index (χ1v) is 7.35. The third-order valence-electron chi connectivity index (χ3n) is 3.52. The minimum absolute atomic E-state index is 0.0448. The van der Waals surface area contributed by atoms with E-state index in [2.05, 4.69) is 0 Å². The zero-order valence-electron chi connectivity index (χ0n) is 9.06. The highest BCUT2D eigenvalue weighted by molar-refractivity contribution is 7.89. The van der Waals surface area contributed by atoms with Crippen molar-refractivity contribution >= 4 is 10.0 Å². The van der Waals surface area contributed by atoms with Gasteiger partial charge in [0.15, 0.2) is 0 Å². The van der Waals surface area contributed by atoms with Crippen LogP contribution >= 0.6 is 0 Å². The molecule has 2 N–H and O–H groups in total. The Morgan fingerprint density at radius 1 is 1.07 bits per heavy atom. The van der Waals surface area contributed by atoms with Crippen LogP contribution in [0.15, 0.2) is 0 Å². The van der Waals surface area contributed by atoms with Crippen LogP contribution in [-0.2, 0) is 10.0 Å². The SMILES string of the molecule is NC1CCN(S(=O)(=O)C2CCCCC2)C1. The van der Waals surface area contributed by atoms with Gasteiger partial charge in [0, 0.05) is 19.1 Å². The molecule has 0 aromatic rings. The van der Waals surface area contributed by atoms with Crippen molar-refractivity contribution in [1.29, 1.82) is 0 Å². The van der Waals surface area contributed by atoms with Crippen LogP contribution in [0.4, 0.5) is 0 Å². The van der Waals surface area contributed by atoms with Crippen molar-refractivity contribution in [3.05, 3.63) is 0 Å². The fourth-order valence-corrected chi connectivity index (χ4v) is 4.67. The fourth-order valence-electron chi connectivity index (χ4n) is 2.56. The van der Waals surface area contributed by atoms with Crippen molar-refractivity contribution in [2.45, 2.75) is 49.8 Å². The van der Waals surface area contributed by atoms with Crippen LogP contribution in [0.1, 0.15) is 38.5 Å². The third-order valence-corrected chi connectivity index (χ3v) is 5.89. The Morgan fingerprint density at radius 2 is 1.73 bits per heavy atom. The minimum atomic E-state index is -3.04. The maximum atomic E-state index is 12.2. The average molecular weight is 232 g/mol. The topological polar surface area (TPSA) is 63.4 Å². The number of sulfonamides is 1. The van der Waals surface area contributed by atoms with E-state index in [0.717, 1.165) is 32.1 Å². The number of rotatable bonds is 2. The van der Waals surface area contributed by atoms with Gasteiger partial charge in [-0.2, -0.15) is 0 Å². The van der Waals surface area contributed by atoms with Gasteiger partial charge < -0.3 is 5.73 Å². The lowest BCUT2D eigenvalue weighted by atomic mass is 10.0. The molecule has 0 aromatic carbocycles. The first-order chi connectivity index (χ1) is 7.10. The van der Waals surface area contributed by atoms with Crippen molar-refractivity contribution in [2.75, 3.05) is 13.1 Å². The van der Waals surface area contributed by atoms with E-state index < -0.39 is 10.0 Å². The quantitative estimate of drug-likeness (QED) is 0.761.